The molecule has 5 heteroatoms. The maximum atomic E-state index is 5.70. The van der Waals surface area contributed by atoms with Crippen LogP contribution in [-0.4, -0.2) is 29.7 Å². The molecule has 0 bridgehead atoms. The van der Waals surface area contributed by atoms with E-state index in [1.807, 2.05) is 0 Å². The van der Waals surface area contributed by atoms with Crippen LogP contribution < -0.4 is 5.32 Å². The Bertz CT molecular complexity index is 283. The second kappa shape index (κ2) is 5.78. The van der Waals surface area contributed by atoms with E-state index in [2.05, 4.69) is 22.2 Å². The van der Waals surface area contributed by atoms with Crippen LogP contribution in [0.5, 0.6) is 0 Å². The average Bonchev–Trinajstić information content (AvgIpc) is 2.17. The second-order valence-electron chi connectivity index (χ2n) is 2.93. The van der Waals surface area contributed by atoms with Gasteiger partial charge in [0.1, 0.15) is 11.0 Å². The first kappa shape index (κ1) is 11.2. The van der Waals surface area contributed by atoms with Gasteiger partial charge in [0, 0.05) is 7.11 Å². The summed E-state index contributed by atoms with van der Waals surface area (Å²) in [7, 11) is 1.67. The smallest absolute Gasteiger partial charge is 0.149 e. The number of nitrogens with one attached hydrogen (secondary N) is 1. The fraction of sp³-hybridized carbons (Fsp3) is 0.556. The largest absolute Gasteiger partial charge is 0.383 e. The molecule has 0 amide bonds. The third kappa shape index (κ3) is 3.47. The standard InChI is InChI=1S/C9H14ClN3O/c1-3-7(6-14-2)12-9-5-11-4-8(10)13-9/h4-5,7H,3,6H2,1-2H3,(H,12,13). The number of rotatable bonds is 5. The molecule has 1 heterocycles. The van der Waals surface area contributed by atoms with Gasteiger partial charge in [0.05, 0.1) is 25.0 Å². The SMILES string of the molecule is CCC(COC)Nc1cncc(Cl)n1. The fourth-order valence-corrected chi connectivity index (χ4v) is 1.23. The molecule has 0 aromatic carbocycles. The van der Waals surface area contributed by atoms with Gasteiger partial charge in [0.2, 0.25) is 0 Å². The molecule has 1 aromatic heterocycles. The highest BCUT2D eigenvalue weighted by molar-refractivity contribution is 6.29. The van der Waals surface area contributed by atoms with Gasteiger partial charge in [-0.05, 0) is 6.42 Å². The zero-order chi connectivity index (χ0) is 10.4. The predicted octanol–water partition coefficient (Wildman–Crippen LogP) is 1.97. The quantitative estimate of drug-likeness (QED) is 0.816. The summed E-state index contributed by atoms with van der Waals surface area (Å²) in [6, 6.07) is 0.243. The van der Waals surface area contributed by atoms with Crippen molar-refractivity contribution >= 4 is 17.4 Å². The highest BCUT2D eigenvalue weighted by Gasteiger charge is 2.06. The number of nitrogens with zero attached hydrogens (tertiary/aromatic N) is 2. The van der Waals surface area contributed by atoms with Gasteiger partial charge in [-0.1, -0.05) is 18.5 Å². The lowest BCUT2D eigenvalue weighted by Crippen LogP contribution is -2.24. The predicted molar refractivity (Wildman–Crippen MR) is 56.6 cm³/mol. The summed E-state index contributed by atoms with van der Waals surface area (Å²) in [5, 5.41) is 3.58. The van der Waals surface area contributed by atoms with Gasteiger partial charge in [0.15, 0.2) is 0 Å². The molecule has 14 heavy (non-hydrogen) atoms. The summed E-state index contributed by atoms with van der Waals surface area (Å²) in [4.78, 5) is 8.01. The van der Waals surface area contributed by atoms with Crippen LogP contribution in [0.3, 0.4) is 0 Å². The molecule has 1 N–H and O–H groups in total. The van der Waals surface area contributed by atoms with Crippen LogP contribution in [0.4, 0.5) is 5.82 Å². The molecule has 0 aliphatic rings. The zero-order valence-corrected chi connectivity index (χ0v) is 9.08. The van der Waals surface area contributed by atoms with Crippen molar-refractivity contribution in [2.75, 3.05) is 19.0 Å². The van der Waals surface area contributed by atoms with E-state index in [4.69, 9.17) is 16.3 Å². The first-order chi connectivity index (χ1) is 6.76. The zero-order valence-electron chi connectivity index (χ0n) is 8.33. The number of hydrogen-bond donors (Lipinski definition) is 1. The van der Waals surface area contributed by atoms with Crippen LogP contribution in [0.15, 0.2) is 12.4 Å². The minimum atomic E-state index is 0.243. The van der Waals surface area contributed by atoms with Crippen molar-refractivity contribution in [1.29, 1.82) is 0 Å². The highest BCUT2D eigenvalue weighted by Crippen LogP contribution is 2.09. The summed E-state index contributed by atoms with van der Waals surface area (Å²) >= 11 is 5.70. The maximum absolute atomic E-state index is 5.70. The second-order valence-corrected chi connectivity index (χ2v) is 3.32. The van der Waals surface area contributed by atoms with Gasteiger partial charge >= 0.3 is 0 Å². The summed E-state index contributed by atoms with van der Waals surface area (Å²) < 4.78 is 5.05. The first-order valence-electron chi connectivity index (χ1n) is 4.49. The Morgan fingerprint density at radius 1 is 1.57 bits per heavy atom. The van der Waals surface area contributed by atoms with E-state index < -0.39 is 0 Å². The van der Waals surface area contributed by atoms with E-state index >= 15 is 0 Å². The third-order valence-electron chi connectivity index (χ3n) is 1.82. The monoisotopic (exact) mass is 215 g/mol. The molecule has 0 aliphatic carbocycles. The normalized spacial score (nSPS) is 12.5. The number of anilines is 1. The Morgan fingerprint density at radius 2 is 2.36 bits per heavy atom. The Kier molecular flexibility index (Phi) is 4.62. The molecule has 1 unspecified atom stereocenters. The maximum Gasteiger partial charge on any atom is 0.149 e. The molecule has 78 valence electrons. The molecule has 0 saturated heterocycles. The lowest BCUT2D eigenvalue weighted by atomic mass is 10.2. The fourth-order valence-electron chi connectivity index (χ4n) is 1.08. The minimum Gasteiger partial charge on any atom is -0.383 e. The molecule has 1 rings (SSSR count). The van der Waals surface area contributed by atoms with E-state index in [1.54, 1.807) is 13.3 Å². The summed E-state index contributed by atoms with van der Waals surface area (Å²) in [5.41, 5.74) is 0. The van der Waals surface area contributed by atoms with Gasteiger partial charge in [-0.2, -0.15) is 0 Å². The van der Waals surface area contributed by atoms with Crippen molar-refractivity contribution in [3.05, 3.63) is 17.5 Å². The molecule has 0 saturated carbocycles. The lowest BCUT2D eigenvalue weighted by molar-refractivity contribution is 0.184. The van der Waals surface area contributed by atoms with Gasteiger partial charge in [-0.3, -0.25) is 4.98 Å². The van der Waals surface area contributed by atoms with E-state index in [0.29, 0.717) is 17.6 Å². The van der Waals surface area contributed by atoms with Crippen LogP contribution in [0.1, 0.15) is 13.3 Å². The van der Waals surface area contributed by atoms with Crippen LogP contribution in [0.2, 0.25) is 5.15 Å². The Morgan fingerprint density at radius 3 is 2.93 bits per heavy atom. The lowest BCUT2D eigenvalue weighted by Gasteiger charge is -2.15. The molecule has 1 aromatic rings. The Balaban J connectivity index is 2.57. The number of hydrogen-bond acceptors (Lipinski definition) is 4. The molecule has 0 aliphatic heterocycles. The van der Waals surface area contributed by atoms with E-state index in [0.717, 1.165) is 6.42 Å². The Labute approximate surface area is 88.7 Å². The topological polar surface area (TPSA) is 47.0 Å². The number of aromatic nitrogens is 2. The van der Waals surface area contributed by atoms with Gasteiger partial charge in [0.25, 0.3) is 0 Å². The van der Waals surface area contributed by atoms with Crippen molar-refractivity contribution in [2.45, 2.75) is 19.4 Å². The summed E-state index contributed by atoms with van der Waals surface area (Å²) in [6.45, 7) is 2.72. The van der Waals surface area contributed by atoms with Crippen LogP contribution in [-0.2, 0) is 4.74 Å². The summed E-state index contributed by atoms with van der Waals surface area (Å²) in [5.74, 6) is 0.682. The molecule has 1 atom stereocenters. The molecule has 4 nitrogen and oxygen atoms in total. The Hall–Kier alpha value is -0.870. The number of halogens is 1. The van der Waals surface area contributed by atoms with Crippen LogP contribution >= 0.6 is 11.6 Å². The van der Waals surface area contributed by atoms with Crippen molar-refractivity contribution in [3.8, 4) is 0 Å². The molecule has 0 fully saturated rings. The molecular formula is C9H14ClN3O. The van der Waals surface area contributed by atoms with Crippen molar-refractivity contribution in [2.24, 2.45) is 0 Å². The average molecular weight is 216 g/mol. The van der Waals surface area contributed by atoms with Crippen molar-refractivity contribution < 1.29 is 4.74 Å². The molecular weight excluding hydrogens is 202 g/mol. The minimum absolute atomic E-state index is 0.243. The van der Waals surface area contributed by atoms with E-state index in [1.165, 1.54) is 6.20 Å². The van der Waals surface area contributed by atoms with E-state index in [9.17, 15) is 0 Å². The van der Waals surface area contributed by atoms with Crippen LogP contribution in [0, 0.1) is 0 Å². The molecule has 0 spiro atoms. The van der Waals surface area contributed by atoms with Crippen molar-refractivity contribution in [1.82, 2.24) is 9.97 Å². The van der Waals surface area contributed by atoms with E-state index in [-0.39, 0.29) is 6.04 Å². The van der Waals surface area contributed by atoms with Gasteiger partial charge in [-0.15, -0.1) is 0 Å². The number of methoxy groups -OCH3 is 1. The first-order valence-corrected chi connectivity index (χ1v) is 4.87. The third-order valence-corrected chi connectivity index (χ3v) is 2.00. The molecule has 0 radical (unpaired) electrons. The van der Waals surface area contributed by atoms with Crippen molar-refractivity contribution in [3.63, 3.8) is 0 Å². The van der Waals surface area contributed by atoms with Gasteiger partial charge < -0.3 is 10.1 Å². The van der Waals surface area contributed by atoms with Crippen LogP contribution in [0.25, 0.3) is 0 Å². The van der Waals surface area contributed by atoms with Gasteiger partial charge in [-0.25, -0.2) is 4.98 Å². The highest BCUT2D eigenvalue weighted by atomic mass is 35.5. The summed E-state index contributed by atoms with van der Waals surface area (Å²) in [6.07, 6.45) is 4.11. The number of ether oxygens (including phenoxy) is 1.